The lowest BCUT2D eigenvalue weighted by atomic mass is 10.2. The van der Waals surface area contributed by atoms with Gasteiger partial charge in [0.05, 0.1) is 22.3 Å². The molecule has 0 radical (unpaired) electrons. The van der Waals surface area contributed by atoms with Crippen LogP contribution >= 0.6 is 11.8 Å². The van der Waals surface area contributed by atoms with Crippen molar-refractivity contribution in [1.82, 2.24) is 19.3 Å². The number of hydrogen-bond acceptors (Lipinski definition) is 6. The predicted molar refractivity (Wildman–Crippen MR) is 105 cm³/mol. The quantitative estimate of drug-likeness (QED) is 0.471. The Morgan fingerprint density at radius 1 is 1.33 bits per heavy atom. The number of aliphatic hydroxyl groups excluding tert-OH is 1. The first-order chi connectivity index (χ1) is 13.0. The Bertz CT molecular complexity index is 1030. The number of anilines is 1. The number of aliphatic hydroxyl groups is 1. The summed E-state index contributed by atoms with van der Waals surface area (Å²) in [5, 5.41) is 17.1. The lowest BCUT2D eigenvalue weighted by molar-refractivity contribution is -0.113. The number of nitrogens with one attached hydrogen (secondary N) is 1. The first-order valence-corrected chi connectivity index (χ1v) is 9.52. The fourth-order valence-corrected chi connectivity index (χ4v) is 3.55. The fourth-order valence-electron chi connectivity index (χ4n) is 2.72. The van der Waals surface area contributed by atoms with Crippen LogP contribution in [0.15, 0.2) is 40.3 Å². The maximum absolute atomic E-state index is 12.8. The minimum absolute atomic E-state index is 0.0241. The summed E-state index contributed by atoms with van der Waals surface area (Å²) in [5.41, 5.74) is 1.24. The SMILES string of the molecule is Cc1cc(NC(=O)CSc2nc3ccccc3c(=O)n2CCCO)n(C)n1. The Morgan fingerprint density at radius 3 is 2.81 bits per heavy atom. The van der Waals surface area contributed by atoms with E-state index in [2.05, 4.69) is 15.4 Å². The van der Waals surface area contributed by atoms with Gasteiger partial charge in [-0.15, -0.1) is 0 Å². The average Bonchev–Trinajstić information content (AvgIpc) is 2.96. The molecule has 2 aromatic heterocycles. The third-order valence-corrected chi connectivity index (χ3v) is 4.94. The molecule has 0 unspecified atom stereocenters. The molecule has 0 atom stereocenters. The molecule has 0 aliphatic rings. The van der Waals surface area contributed by atoms with Gasteiger partial charge < -0.3 is 10.4 Å². The van der Waals surface area contributed by atoms with E-state index in [0.29, 0.717) is 34.8 Å². The highest BCUT2D eigenvalue weighted by atomic mass is 32.2. The summed E-state index contributed by atoms with van der Waals surface area (Å²) in [5.74, 6) is 0.509. The van der Waals surface area contributed by atoms with Crippen molar-refractivity contribution in [3.63, 3.8) is 0 Å². The number of aromatic nitrogens is 4. The van der Waals surface area contributed by atoms with E-state index in [1.54, 1.807) is 36.0 Å². The molecule has 0 saturated carbocycles. The molecule has 8 nitrogen and oxygen atoms in total. The normalized spacial score (nSPS) is 11.1. The summed E-state index contributed by atoms with van der Waals surface area (Å²) in [7, 11) is 1.76. The Balaban J connectivity index is 1.81. The Morgan fingerprint density at radius 2 is 2.11 bits per heavy atom. The number of amides is 1. The monoisotopic (exact) mass is 387 g/mol. The van der Waals surface area contributed by atoms with Crippen molar-refractivity contribution < 1.29 is 9.90 Å². The summed E-state index contributed by atoms with van der Waals surface area (Å²) >= 11 is 1.20. The topological polar surface area (TPSA) is 102 Å². The number of para-hydroxylation sites is 1. The van der Waals surface area contributed by atoms with Gasteiger partial charge in [0.25, 0.3) is 5.56 Å². The van der Waals surface area contributed by atoms with E-state index in [1.807, 2.05) is 13.0 Å². The molecule has 2 heterocycles. The minimum atomic E-state index is -0.209. The zero-order valence-electron chi connectivity index (χ0n) is 15.2. The molecule has 27 heavy (non-hydrogen) atoms. The van der Waals surface area contributed by atoms with E-state index in [4.69, 9.17) is 5.11 Å². The van der Waals surface area contributed by atoms with Crippen LogP contribution in [0.25, 0.3) is 10.9 Å². The number of fused-ring (bicyclic) bond motifs is 1. The van der Waals surface area contributed by atoms with Crippen LogP contribution < -0.4 is 10.9 Å². The molecule has 9 heteroatoms. The van der Waals surface area contributed by atoms with Crippen LogP contribution in [0.4, 0.5) is 5.82 Å². The van der Waals surface area contributed by atoms with Crippen LogP contribution in [0.3, 0.4) is 0 Å². The molecule has 0 spiro atoms. The number of carbonyl (C=O) groups is 1. The summed E-state index contributed by atoms with van der Waals surface area (Å²) in [4.78, 5) is 29.6. The highest BCUT2D eigenvalue weighted by Gasteiger charge is 2.14. The number of thioether (sulfide) groups is 1. The van der Waals surface area contributed by atoms with Crippen molar-refractivity contribution >= 4 is 34.4 Å². The number of benzene rings is 1. The van der Waals surface area contributed by atoms with Crippen LogP contribution in [0.1, 0.15) is 12.1 Å². The van der Waals surface area contributed by atoms with Crippen molar-refractivity contribution in [1.29, 1.82) is 0 Å². The highest BCUT2D eigenvalue weighted by molar-refractivity contribution is 7.99. The van der Waals surface area contributed by atoms with E-state index in [9.17, 15) is 9.59 Å². The van der Waals surface area contributed by atoms with Crippen LogP contribution in [0, 0.1) is 6.92 Å². The Hall–Kier alpha value is -2.65. The number of carbonyl (C=O) groups excluding carboxylic acids is 1. The molecule has 0 aliphatic heterocycles. The number of aryl methyl sites for hydroxylation is 2. The van der Waals surface area contributed by atoms with E-state index in [0.717, 1.165) is 5.69 Å². The summed E-state index contributed by atoms with van der Waals surface area (Å²) in [6, 6.07) is 8.90. The maximum atomic E-state index is 12.8. The van der Waals surface area contributed by atoms with Crippen LogP contribution in [-0.4, -0.2) is 42.7 Å². The first-order valence-electron chi connectivity index (χ1n) is 8.53. The molecular weight excluding hydrogens is 366 g/mol. The van der Waals surface area contributed by atoms with Crippen molar-refractivity contribution in [3.05, 3.63) is 46.4 Å². The molecule has 3 aromatic rings. The molecule has 1 aromatic carbocycles. The second-order valence-corrected chi connectivity index (χ2v) is 7.02. The zero-order valence-corrected chi connectivity index (χ0v) is 16.0. The van der Waals surface area contributed by atoms with E-state index >= 15 is 0 Å². The number of hydrogen-bond donors (Lipinski definition) is 2. The van der Waals surface area contributed by atoms with Gasteiger partial charge in [-0.1, -0.05) is 23.9 Å². The number of rotatable bonds is 7. The predicted octanol–water partition coefficient (Wildman–Crippen LogP) is 1.55. The molecule has 0 aliphatic carbocycles. The molecule has 0 bridgehead atoms. The second-order valence-electron chi connectivity index (χ2n) is 6.08. The highest BCUT2D eigenvalue weighted by Crippen LogP contribution is 2.19. The van der Waals surface area contributed by atoms with Gasteiger partial charge in [-0.3, -0.25) is 18.8 Å². The maximum Gasteiger partial charge on any atom is 0.262 e. The van der Waals surface area contributed by atoms with Gasteiger partial charge in [-0.25, -0.2) is 4.98 Å². The van der Waals surface area contributed by atoms with Crippen LogP contribution in [0.5, 0.6) is 0 Å². The van der Waals surface area contributed by atoms with Crippen LogP contribution in [0.2, 0.25) is 0 Å². The van der Waals surface area contributed by atoms with Crippen molar-refractivity contribution in [2.45, 2.75) is 25.0 Å². The first kappa shape index (κ1) is 19.1. The lowest BCUT2D eigenvalue weighted by Crippen LogP contribution is -2.25. The third-order valence-electron chi connectivity index (χ3n) is 3.97. The zero-order chi connectivity index (χ0) is 19.4. The molecule has 2 N–H and O–H groups in total. The van der Waals surface area contributed by atoms with E-state index < -0.39 is 0 Å². The van der Waals surface area contributed by atoms with Gasteiger partial charge in [0, 0.05) is 26.3 Å². The minimum Gasteiger partial charge on any atom is -0.396 e. The Labute approximate surface area is 160 Å². The molecule has 3 rings (SSSR count). The standard InChI is InChI=1S/C18H21N5O3S/c1-12-10-15(22(2)21-12)20-16(25)11-27-18-19-14-7-4-3-6-13(14)17(26)23(18)8-5-9-24/h3-4,6-7,10,24H,5,8-9,11H2,1-2H3,(H,20,25). The van der Waals surface area contributed by atoms with E-state index in [1.165, 1.54) is 16.3 Å². The molecule has 0 saturated heterocycles. The third kappa shape index (κ3) is 4.37. The molecule has 0 fully saturated rings. The van der Waals surface area contributed by atoms with Crippen molar-refractivity contribution in [3.8, 4) is 0 Å². The van der Waals surface area contributed by atoms with E-state index in [-0.39, 0.29) is 23.8 Å². The summed E-state index contributed by atoms with van der Waals surface area (Å²) in [6.07, 6.45) is 0.438. The summed E-state index contributed by atoms with van der Waals surface area (Å²) in [6.45, 7) is 2.17. The van der Waals surface area contributed by atoms with Gasteiger partial charge in [-0.2, -0.15) is 5.10 Å². The van der Waals surface area contributed by atoms with Crippen molar-refractivity contribution in [2.24, 2.45) is 7.05 Å². The van der Waals surface area contributed by atoms with Gasteiger partial charge >= 0.3 is 0 Å². The van der Waals surface area contributed by atoms with Gasteiger partial charge in [-0.05, 0) is 25.5 Å². The molecular formula is C18H21N5O3S. The van der Waals surface area contributed by atoms with Gasteiger partial charge in [0.1, 0.15) is 5.82 Å². The van der Waals surface area contributed by atoms with Gasteiger partial charge in [0.15, 0.2) is 5.16 Å². The fraction of sp³-hybridized carbons (Fsp3) is 0.333. The van der Waals surface area contributed by atoms with Crippen molar-refractivity contribution in [2.75, 3.05) is 17.7 Å². The number of nitrogens with zero attached hydrogens (tertiary/aromatic N) is 4. The lowest BCUT2D eigenvalue weighted by Gasteiger charge is -2.12. The average molecular weight is 387 g/mol. The van der Waals surface area contributed by atoms with Crippen LogP contribution in [-0.2, 0) is 18.4 Å². The Kier molecular flexibility index (Phi) is 5.92. The second kappa shape index (κ2) is 8.36. The molecule has 1 amide bonds. The smallest absolute Gasteiger partial charge is 0.262 e. The largest absolute Gasteiger partial charge is 0.396 e. The summed E-state index contributed by atoms with van der Waals surface area (Å²) < 4.78 is 3.12. The van der Waals surface area contributed by atoms with Gasteiger partial charge in [0.2, 0.25) is 5.91 Å². The molecule has 142 valence electrons.